The van der Waals surface area contributed by atoms with E-state index in [4.69, 9.17) is 10.6 Å². The summed E-state index contributed by atoms with van der Waals surface area (Å²) in [5.41, 5.74) is 2.38. The number of aliphatic hydroxyl groups excluding tert-OH is 1. The SMILES string of the molecule is CC(O)C1C(=O)N2C(C(=O)O)=C(COCCC(=O)NN)CC12. The van der Waals surface area contributed by atoms with Crippen LogP contribution in [0.1, 0.15) is 19.8 Å². The van der Waals surface area contributed by atoms with Crippen LogP contribution in [-0.2, 0) is 19.1 Å². The second-order valence-corrected chi connectivity index (χ2v) is 5.37. The summed E-state index contributed by atoms with van der Waals surface area (Å²) >= 11 is 0. The number of nitrogens with one attached hydrogen (secondary N) is 1. The van der Waals surface area contributed by atoms with Crippen molar-refractivity contribution in [3.05, 3.63) is 11.3 Å². The minimum atomic E-state index is -1.20. The highest BCUT2D eigenvalue weighted by Crippen LogP contribution is 2.43. The number of amides is 2. The predicted molar refractivity (Wildman–Crippen MR) is 72.8 cm³/mol. The molecule has 0 aromatic heterocycles. The lowest BCUT2D eigenvalue weighted by Gasteiger charge is -2.44. The van der Waals surface area contributed by atoms with Crippen LogP contribution in [0, 0.1) is 5.92 Å². The van der Waals surface area contributed by atoms with Crippen molar-refractivity contribution in [1.29, 1.82) is 0 Å². The Bertz CT molecular complexity index is 530. The number of hydrazine groups is 1. The van der Waals surface area contributed by atoms with Crippen LogP contribution in [0.2, 0.25) is 0 Å². The van der Waals surface area contributed by atoms with Gasteiger partial charge in [0.05, 0.1) is 37.7 Å². The zero-order chi connectivity index (χ0) is 16.4. The fourth-order valence-corrected chi connectivity index (χ4v) is 2.92. The van der Waals surface area contributed by atoms with Crippen molar-refractivity contribution < 1.29 is 29.3 Å². The van der Waals surface area contributed by atoms with Gasteiger partial charge in [0, 0.05) is 0 Å². The molecule has 0 aliphatic carbocycles. The van der Waals surface area contributed by atoms with E-state index in [1.165, 1.54) is 11.8 Å². The third-order valence-corrected chi connectivity index (χ3v) is 3.93. The highest BCUT2D eigenvalue weighted by Gasteiger charge is 2.56. The summed E-state index contributed by atoms with van der Waals surface area (Å²) in [7, 11) is 0. The largest absolute Gasteiger partial charge is 0.477 e. The van der Waals surface area contributed by atoms with E-state index >= 15 is 0 Å². The van der Waals surface area contributed by atoms with Gasteiger partial charge in [-0.05, 0) is 18.9 Å². The Kier molecular flexibility index (Phi) is 4.79. The predicted octanol–water partition coefficient (Wildman–Crippen LogP) is -1.67. The number of hydrogen-bond donors (Lipinski definition) is 4. The van der Waals surface area contributed by atoms with Crippen molar-refractivity contribution in [3.8, 4) is 0 Å². The second-order valence-electron chi connectivity index (χ2n) is 5.37. The van der Waals surface area contributed by atoms with Gasteiger partial charge in [-0.15, -0.1) is 0 Å². The Balaban J connectivity index is 2.00. The van der Waals surface area contributed by atoms with Gasteiger partial charge in [-0.25, -0.2) is 10.6 Å². The lowest BCUT2D eigenvalue weighted by Crippen LogP contribution is -2.61. The number of carbonyl (C=O) groups excluding carboxylic acids is 2. The zero-order valence-electron chi connectivity index (χ0n) is 12.1. The molecule has 0 bridgehead atoms. The van der Waals surface area contributed by atoms with Crippen molar-refractivity contribution in [2.75, 3.05) is 13.2 Å². The van der Waals surface area contributed by atoms with Gasteiger partial charge in [-0.2, -0.15) is 0 Å². The Labute approximate surface area is 126 Å². The summed E-state index contributed by atoms with van der Waals surface area (Å²) < 4.78 is 5.29. The van der Waals surface area contributed by atoms with Crippen LogP contribution in [0.25, 0.3) is 0 Å². The monoisotopic (exact) mass is 313 g/mol. The topological polar surface area (TPSA) is 142 Å². The van der Waals surface area contributed by atoms with Crippen LogP contribution in [0.3, 0.4) is 0 Å². The number of nitrogens with two attached hydrogens (primary N) is 1. The molecule has 3 atom stereocenters. The number of aliphatic carboxylic acids is 1. The zero-order valence-corrected chi connectivity index (χ0v) is 12.1. The third-order valence-electron chi connectivity index (χ3n) is 3.93. The van der Waals surface area contributed by atoms with Gasteiger partial charge in [0.2, 0.25) is 11.8 Å². The summed E-state index contributed by atoms with van der Waals surface area (Å²) in [5.74, 6) is 2.40. The molecule has 9 heteroatoms. The van der Waals surface area contributed by atoms with E-state index in [0.717, 1.165) is 0 Å². The first-order valence-electron chi connectivity index (χ1n) is 6.92. The van der Waals surface area contributed by atoms with E-state index < -0.39 is 18.0 Å². The maximum absolute atomic E-state index is 12.0. The number of hydrogen-bond acceptors (Lipinski definition) is 6. The Hall–Kier alpha value is -1.97. The quantitative estimate of drug-likeness (QED) is 0.145. The van der Waals surface area contributed by atoms with Crippen molar-refractivity contribution in [1.82, 2.24) is 10.3 Å². The molecule has 5 N–H and O–H groups in total. The molecule has 2 rings (SSSR count). The number of carboxylic acids is 1. The van der Waals surface area contributed by atoms with Crippen LogP contribution in [0.15, 0.2) is 11.3 Å². The second kappa shape index (κ2) is 6.42. The smallest absolute Gasteiger partial charge is 0.352 e. The van der Waals surface area contributed by atoms with E-state index in [0.29, 0.717) is 12.0 Å². The maximum Gasteiger partial charge on any atom is 0.352 e. The minimum Gasteiger partial charge on any atom is -0.477 e. The standard InChI is InChI=1S/C13H19N3O6/c1-6(17)10-8-4-7(5-22-3-2-9(18)15-14)11(13(20)21)16(8)12(10)19/h6,8,10,17H,2-5,14H2,1H3,(H,15,18)(H,20,21). The fraction of sp³-hybridized carbons (Fsp3) is 0.615. The molecule has 3 unspecified atom stereocenters. The number of carbonyl (C=O) groups is 3. The van der Waals surface area contributed by atoms with Gasteiger partial charge >= 0.3 is 5.97 Å². The molecular weight excluding hydrogens is 294 g/mol. The molecule has 22 heavy (non-hydrogen) atoms. The van der Waals surface area contributed by atoms with E-state index in [2.05, 4.69) is 0 Å². The number of fused-ring (bicyclic) bond motifs is 1. The average Bonchev–Trinajstić information content (AvgIpc) is 2.77. The number of β-lactam (4-membered cyclic amide) rings is 1. The first kappa shape index (κ1) is 16.4. The van der Waals surface area contributed by atoms with Gasteiger partial charge < -0.3 is 19.8 Å². The molecule has 2 amide bonds. The van der Waals surface area contributed by atoms with E-state index in [9.17, 15) is 24.6 Å². The average molecular weight is 313 g/mol. The number of carboxylic acid groups (broad SMARTS) is 1. The van der Waals surface area contributed by atoms with Crippen LogP contribution < -0.4 is 11.3 Å². The third kappa shape index (κ3) is 2.82. The van der Waals surface area contributed by atoms with Gasteiger partial charge in [0.1, 0.15) is 5.70 Å². The van der Waals surface area contributed by atoms with E-state index in [1.54, 1.807) is 0 Å². The van der Waals surface area contributed by atoms with E-state index in [1.807, 2.05) is 5.43 Å². The Morgan fingerprint density at radius 3 is 2.77 bits per heavy atom. The van der Waals surface area contributed by atoms with Crippen LogP contribution in [0.4, 0.5) is 0 Å². The summed E-state index contributed by atoms with van der Waals surface area (Å²) in [6.45, 7) is 1.63. The van der Waals surface area contributed by atoms with Crippen molar-refractivity contribution in [3.63, 3.8) is 0 Å². The van der Waals surface area contributed by atoms with Gasteiger partial charge in [-0.3, -0.25) is 15.0 Å². The highest BCUT2D eigenvalue weighted by molar-refractivity contribution is 5.99. The van der Waals surface area contributed by atoms with Gasteiger partial charge in [0.25, 0.3) is 0 Å². The van der Waals surface area contributed by atoms with Crippen LogP contribution >= 0.6 is 0 Å². The van der Waals surface area contributed by atoms with Crippen LogP contribution in [0.5, 0.6) is 0 Å². The lowest BCUT2D eigenvalue weighted by molar-refractivity contribution is -0.161. The minimum absolute atomic E-state index is 0.0201. The Morgan fingerprint density at radius 2 is 2.23 bits per heavy atom. The fourth-order valence-electron chi connectivity index (χ4n) is 2.92. The number of aliphatic hydroxyl groups is 1. The molecule has 0 aromatic rings. The summed E-state index contributed by atoms with van der Waals surface area (Å²) in [6.07, 6.45) is -0.405. The maximum atomic E-state index is 12.0. The first-order valence-corrected chi connectivity index (χ1v) is 6.92. The molecule has 0 radical (unpaired) electrons. The van der Waals surface area contributed by atoms with Gasteiger partial charge in [-0.1, -0.05) is 0 Å². The number of nitrogens with zero attached hydrogens (tertiary/aromatic N) is 1. The normalized spacial score (nSPS) is 24.9. The summed E-state index contributed by atoms with van der Waals surface area (Å²) in [4.78, 5) is 35.5. The van der Waals surface area contributed by atoms with Crippen LogP contribution in [-0.4, -0.2) is 58.3 Å². The van der Waals surface area contributed by atoms with E-state index in [-0.39, 0.29) is 43.2 Å². The molecular formula is C13H19N3O6. The molecule has 0 spiro atoms. The molecule has 1 saturated heterocycles. The van der Waals surface area contributed by atoms with Crippen molar-refractivity contribution in [2.24, 2.45) is 11.8 Å². The number of ether oxygens (including phenoxy) is 1. The number of rotatable bonds is 7. The molecule has 9 nitrogen and oxygen atoms in total. The van der Waals surface area contributed by atoms with Crippen molar-refractivity contribution in [2.45, 2.75) is 31.9 Å². The van der Waals surface area contributed by atoms with Gasteiger partial charge in [0.15, 0.2) is 0 Å². The first-order chi connectivity index (χ1) is 10.4. The molecule has 122 valence electrons. The highest BCUT2D eigenvalue weighted by atomic mass is 16.5. The Morgan fingerprint density at radius 1 is 1.55 bits per heavy atom. The molecule has 2 aliphatic heterocycles. The molecule has 1 fully saturated rings. The van der Waals surface area contributed by atoms with Crippen molar-refractivity contribution >= 4 is 17.8 Å². The lowest BCUT2D eigenvalue weighted by atomic mass is 9.83. The summed E-state index contributed by atoms with van der Waals surface area (Å²) in [6, 6.07) is -0.329. The molecule has 2 aliphatic rings. The molecule has 0 aromatic carbocycles. The molecule has 0 saturated carbocycles. The summed E-state index contributed by atoms with van der Waals surface area (Å²) in [5, 5.41) is 18.9. The molecule has 2 heterocycles.